The minimum Gasteiger partial charge on any atom is -0.211 e. The number of nitrogens with zero attached hydrogens (tertiary/aromatic N) is 1. The van der Waals surface area contributed by atoms with Gasteiger partial charge in [-0.05, 0) is 46.2 Å². The molecule has 22 heavy (non-hydrogen) atoms. The van der Waals surface area contributed by atoms with E-state index in [-0.39, 0.29) is 12.2 Å². The normalized spacial score (nSPS) is 11.4. The standard InChI is InChI=1S/C20H14FN/c21-20(12-15-5-7-16(14-22)8-6-15)13-17-9-10-18-3-1-2-4-19(18)11-17/h1-11,13H,12H2/b20-13-. The van der Waals surface area contributed by atoms with Gasteiger partial charge in [0.25, 0.3) is 0 Å². The Balaban J connectivity index is 1.81. The molecule has 0 saturated heterocycles. The summed E-state index contributed by atoms with van der Waals surface area (Å²) in [5, 5.41) is 11.0. The molecule has 0 aliphatic carbocycles. The fraction of sp³-hybridized carbons (Fsp3) is 0.0500. The summed E-state index contributed by atoms with van der Waals surface area (Å²) >= 11 is 0. The van der Waals surface area contributed by atoms with Gasteiger partial charge in [0, 0.05) is 6.42 Å². The smallest absolute Gasteiger partial charge is 0.105 e. The number of hydrogen-bond donors (Lipinski definition) is 0. The van der Waals surface area contributed by atoms with E-state index in [4.69, 9.17) is 5.26 Å². The van der Waals surface area contributed by atoms with Gasteiger partial charge in [0.05, 0.1) is 11.6 Å². The summed E-state index contributed by atoms with van der Waals surface area (Å²) in [5.41, 5.74) is 2.29. The molecule has 2 heteroatoms. The van der Waals surface area contributed by atoms with Gasteiger partial charge in [0.2, 0.25) is 0 Å². The molecule has 3 aromatic rings. The Morgan fingerprint density at radius 2 is 1.68 bits per heavy atom. The largest absolute Gasteiger partial charge is 0.211 e. The highest BCUT2D eigenvalue weighted by atomic mass is 19.1. The van der Waals surface area contributed by atoms with Gasteiger partial charge in [-0.1, -0.05) is 48.5 Å². The van der Waals surface area contributed by atoms with E-state index in [9.17, 15) is 4.39 Å². The molecule has 0 aromatic heterocycles. The van der Waals surface area contributed by atoms with Crippen LogP contribution in [0.2, 0.25) is 0 Å². The molecule has 0 fully saturated rings. The summed E-state index contributed by atoms with van der Waals surface area (Å²) in [6, 6.07) is 23.0. The summed E-state index contributed by atoms with van der Waals surface area (Å²) < 4.78 is 14.2. The maximum atomic E-state index is 14.2. The summed E-state index contributed by atoms with van der Waals surface area (Å²) in [7, 11) is 0. The lowest BCUT2D eigenvalue weighted by Gasteiger charge is -2.02. The fourth-order valence-corrected chi connectivity index (χ4v) is 2.42. The molecule has 1 nitrogen and oxygen atoms in total. The van der Waals surface area contributed by atoms with Crippen molar-refractivity contribution in [3.8, 4) is 6.07 Å². The number of fused-ring (bicyclic) bond motifs is 1. The Kier molecular flexibility index (Phi) is 3.98. The van der Waals surface area contributed by atoms with Gasteiger partial charge in [0.1, 0.15) is 5.83 Å². The number of halogens is 1. The number of hydrogen-bond acceptors (Lipinski definition) is 1. The Bertz CT molecular complexity index is 870. The summed E-state index contributed by atoms with van der Waals surface area (Å²) in [6.07, 6.45) is 1.79. The van der Waals surface area contributed by atoms with Gasteiger partial charge in [0.15, 0.2) is 0 Å². The monoisotopic (exact) mass is 287 g/mol. The van der Waals surface area contributed by atoms with E-state index in [2.05, 4.69) is 6.07 Å². The van der Waals surface area contributed by atoms with E-state index in [1.807, 2.05) is 42.5 Å². The Morgan fingerprint density at radius 3 is 2.41 bits per heavy atom. The highest BCUT2D eigenvalue weighted by Gasteiger charge is 2.01. The molecule has 106 valence electrons. The molecule has 3 aromatic carbocycles. The summed E-state index contributed by atoms with van der Waals surface area (Å²) in [4.78, 5) is 0. The number of allylic oxidation sites excluding steroid dienone is 1. The van der Waals surface area contributed by atoms with Crippen LogP contribution in [0.15, 0.2) is 72.6 Å². The van der Waals surface area contributed by atoms with Crippen LogP contribution in [-0.4, -0.2) is 0 Å². The number of nitriles is 1. The van der Waals surface area contributed by atoms with Crippen LogP contribution in [0.4, 0.5) is 4.39 Å². The van der Waals surface area contributed by atoms with Gasteiger partial charge in [-0.25, -0.2) is 4.39 Å². The van der Waals surface area contributed by atoms with Crippen molar-refractivity contribution < 1.29 is 4.39 Å². The average Bonchev–Trinajstić information content (AvgIpc) is 2.55. The lowest BCUT2D eigenvalue weighted by atomic mass is 10.0. The van der Waals surface area contributed by atoms with Crippen LogP contribution in [0.25, 0.3) is 16.8 Å². The van der Waals surface area contributed by atoms with Gasteiger partial charge in [-0.2, -0.15) is 5.26 Å². The Morgan fingerprint density at radius 1 is 0.955 bits per heavy atom. The fourth-order valence-electron chi connectivity index (χ4n) is 2.42. The van der Waals surface area contributed by atoms with Crippen molar-refractivity contribution in [1.82, 2.24) is 0 Å². The molecule has 0 aliphatic heterocycles. The molecule has 0 atom stereocenters. The van der Waals surface area contributed by atoms with Crippen molar-refractivity contribution >= 4 is 16.8 Å². The van der Waals surface area contributed by atoms with E-state index in [1.165, 1.54) is 0 Å². The number of benzene rings is 3. The molecule has 0 heterocycles. The van der Waals surface area contributed by atoms with Crippen molar-refractivity contribution in [3.05, 3.63) is 89.2 Å². The summed E-state index contributed by atoms with van der Waals surface area (Å²) in [6.45, 7) is 0. The molecule has 0 spiro atoms. The second kappa shape index (κ2) is 6.24. The van der Waals surface area contributed by atoms with E-state index in [0.29, 0.717) is 5.56 Å². The average molecular weight is 287 g/mol. The maximum Gasteiger partial charge on any atom is 0.105 e. The Labute approximate surface area is 128 Å². The Hall–Kier alpha value is -2.92. The van der Waals surface area contributed by atoms with Gasteiger partial charge < -0.3 is 0 Å². The quantitative estimate of drug-likeness (QED) is 0.644. The minimum absolute atomic E-state index is 0.194. The van der Waals surface area contributed by atoms with Crippen molar-refractivity contribution in [3.63, 3.8) is 0 Å². The molecule has 0 saturated carbocycles. The van der Waals surface area contributed by atoms with Crippen LogP contribution < -0.4 is 0 Å². The highest BCUT2D eigenvalue weighted by Crippen LogP contribution is 2.19. The van der Waals surface area contributed by atoms with Crippen LogP contribution in [0.1, 0.15) is 16.7 Å². The lowest BCUT2D eigenvalue weighted by molar-refractivity contribution is 0.620. The second-order valence-corrected chi connectivity index (χ2v) is 5.18. The molecule has 0 unspecified atom stereocenters. The van der Waals surface area contributed by atoms with Crippen LogP contribution in [0.3, 0.4) is 0 Å². The topological polar surface area (TPSA) is 23.8 Å². The van der Waals surface area contributed by atoms with E-state index in [1.54, 1.807) is 30.3 Å². The van der Waals surface area contributed by atoms with Crippen molar-refractivity contribution in [2.24, 2.45) is 0 Å². The first-order valence-electron chi connectivity index (χ1n) is 7.08. The molecule has 3 rings (SSSR count). The van der Waals surface area contributed by atoms with E-state index >= 15 is 0 Å². The van der Waals surface area contributed by atoms with Gasteiger partial charge in [-0.3, -0.25) is 0 Å². The predicted molar refractivity (Wildman–Crippen MR) is 87.9 cm³/mol. The lowest BCUT2D eigenvalue weighted by Crippen LogP contribution is -1.86. The maximum absolute atomic E-state index is 14.2. The molecule has 0 amide bonds. The molecule has 0 radical (unpaired) electrons. The van der Waals surface area contributed by atoms with Gasteiger partial charge >= 0.3 is 0 Å². The minimum atomic E-state index is -0.194. The first-order valence-corrected chi connectivity index (χ1v) is 7.08. The molecular formula is C20H14FN. The molecule has 0 N–H and O–H groups in total. The third-order valence-corrected chi connectivity index (χ3v) is 3.55. The van der Waals surface area contributed by atoms with Crippen LogP contribution >= 0.6 is 0 Å². The first-order chi connectivity index (χ1) is 10.7. The third-order valence-electron chi connectivity index (χ3n) is 3.55. The zero-order chi connectivity index (χ0) is 15.4. The van der Waals surface area contributed by atoms with Crippen LogP contribution in [0.5, 0.6) is 0 Å². The highest BCUT2D eigenvalue weighted by molar-refractivity contribution is 5.84. The number of rotatable bonds is 3. The molecule has 0 bridgehead atoms. The first kappa shape index (κ1) is 14.0. The van der Waals surface area contributed by atoms with Crippen molar-refractivity contribution in [1.29, 1.82) is 5.26 Å². The van der Waals surface area contributed by atoms with E-state index < -0.39 is 0 Å². The SMILES string of the molecule is N#Cc1ccc(C/C(F)=C/c2ccc3ccccc3c2)cc1. The second-order valence-electron chi connectivity index (χ2n) is 5.18. The molecule has 0 aliphatic rings. The third kappa shape index (κ3) is 3.21. The van der Waals surface area contributed by atoms with Crippen LogP contribution in [0, 0.1) is 11.3 Å². The van der Waals surface area contributed by atoms with E-state index in [0.717, 1.165) is 21.9 Å². The zero-order valence-electron chi connectivity index (χ0n) is 12.0. The van der Waals surface area contributed by atoms with Crippen molar-refractivity contribution in [2.45, 2.75) is 6.42 Å². The van der Waals surface area contributed by atoms with Crippen molar-refractivity contribution in [2.75, 3.05) is 0 Å². The summed E-state index contributed by atoms with van der Waals surface area (Å²) in [5.74, 6) is -0.194. The zero-order valence-corrected chi connectivity index (χ0v) is 12.0. The predicted octanol–water partition coefficient (Wildman–Crippen LogP) is 5.26. The van der Waals surface area contributed by atoms with Gasteiger partial charge in [-0.15, -0.1) is 0 Å². The molecular weight excluding hydrogens is 273 g/mol. The van der Waals surface area contributed by atoms with Crippen LogP contribution in [-0.2, 0) is 6.42 Å².